The first-order valence-electron chi connectivity index (χ1n) is 6.92. The molecule has 0 aromatic heterocycles. The molecule has 1 rings (SSSR count). The van der Waals surface area contributed by atoms with E-state index in [4.69, 9.17) is 5.73 Å². The van der Waals surface area contributed by atoms with Gasteiger partial charge in [-0.25, -0.2) is 0 Å². The van der Waals surface area contributed by atoms with Crippen LogP contribution in [0.2, 0.25) is 0 Å². The third kappa shape index (κ3) is 5.46. The molecular formula is C15H23BrN2OS. The van der Waals surface area contributed by atoms with Crippen molar-refractivity contribution in [3.63, 3.8) is 0 Å². The van der Waals surface area contributed by atoms with Gasteiger partial charge in [0.1, 0.15) is 0 Å². The number of hydrogen-bond donors (Lipinski definition) is 2. The van der Waals surface area contributed by atoms with Crippen molar-refractivity contribution in [2.45, 2.75) is 43.5 Å². The molecule has 1 aromatic rings. The molecule has 0 fully saturated rings. The fourth-order valence-corrected chi connectivity index (χ4v) is 3.39. The van der Waals surface area contributed by atoms with Crippen molar-refractivity contribution in [3.8, 4) is 0 Å². The fraction of sp³-hybridized carbons (Fsp3) is 0.533. The minimum atomic E-state index is -0.593. The third-order valence-electron chi connectivity index (χ3n) is 3.22. The SMILES string of the molecule is CCCNC(C)(CCCSc1ccccc1Br)C(N)=O. The molecule has 0 saturated carbocycles. The minimum Gasteiger partial charge on any atom is -0.368 e. The number of rotatable bonds is 9. The highest BCUT2D eigenvalue weighted by atomic mass is 79.9. The number of carbonyl (C=O) groups is 1. The lowest BCUT2D eigenvalue weighted by atomic mass is 9.95. The summed E-state index contributed by atoms with van der Waals surface area (Å²) in [5, 5.41) is 3.26. The Morgan fingerprint density at radius 1 is 1.45 bits per heavy atom. The molecule has 112 valence electrons. The molecule has 1 aromatic carbocycles. The summed E-state index contributed by atoms with van der Waals surface area (Å²) >= 11 is 5.33. The summed E-state index contributed by atoms with van der Waals surface area (Å²) in [6, 6.07) is 8.17. The molecule has 3 N–H and O–H groups in total. The molecular weight excluding hydrogens is 336 g/mol. The summed E-state index contributed by atoms with van der Waals surface area (Å²) < 4.78 is 1.12. The van der Waals surface area contributed by atoms with Crippen LogP contribution in [0.1, 0.15) is 33.1 Å². The van der Waals surface area contributed by atoms with Crippen LogP contribution in [0.5, 0.6) is 0 Å². The summed E-state index contributed by atoms with van der Waals surface area (Å²) in [6.07, 6.45) is 2.70. The Morgan fingerprint density at radius 3 is 2.75 bits per heavy atom. The van der Waals surface area contributed by atoms with E-state index in [9.17, 15) is 4.79 Å². The number of thioether (sulfide) groups is 1. The lowest BCUT2D eigenvalue weighted by Gasteiger charge is -2.27. The number of carbonyl (C=O) groups excluding carboxylic acids is 1. The van der Waals surface area contributed by atoms with Gasteiger partial charge in [-0.2, -0.15) is 0 Å². The average Bonchev–Trinajstić information content (AvgIpc) is 2.43. The van der Waals surface area contributed by atoms with Crippen LogP contribution in [0, 0.1) is 0 Å². The Hall–Kier alpha value is -0.520. The Balaban J connectivity index is 2.41. The molecule has 0 aliphatic rings. The van der Waals surface area contributed by atoms with Crippen molar-refractivity contribution in [3.05, 3.63) is 28.7 Å². The largest absolute Gasteiger partial charge is 0.368 e. The Bertz CT molecular complexity index is 442. The van der Waals surface area contributed by atoms with Crippen molar-refractivity contribution in [1.82, 2.24) is 5.32 Å². The highest BCUT2D eigenvalue weighted by Gasteiger charge is 2.29. The maximum atomic E-state index is 11.6. The third-order valence-corrected chi connectivity index (χ3v) is 5.34. The minimum absolute atomic E-state index is 0.267. The Kier molecular flexibility index (Phi) is 7.62. The van der Waals surface area contributed by atoms with E-state index < -0.39 is 5.54 Å². The number of nitrogens with two attached hydrogens (primary N) is 1. The van der Waals surface area contributed by atoms with Crippen LogP contribution in [0.25, 0.3) is 0 Å². The first kappa shape index (κ1) is 17.5. The van der Waals surface area contributed by atoms with Crippen LogP contribution >= 0.6 is 27.7 Å². The average molecular weight is 359 g/mol. The number of nitrogens with one attached hydrogen (secondary N) is 1. The number of hydrogen-bond acceptors (Lipinski definition) is 3. The zero-order valence-electron chi connectivity index (χ0n) is 12.1. The van der Waals surface area contributed by atoms with Crippen LogP contribution in [-0.4, -0.2) is 23.7 Å². The van der Waals surface area contributed by atoms with Crippen molar-refractivity contribution in [2.75, 3.05) is 12.3 Å². The first-order chi connectivity index (χ1) is 9.49. The first-order valence-corrected chi connectivity index (χ1v) is 8.69. The van der Waals surface area contributed by atoms with Crippen LogP contribution < -0.4 is 11.1 Å². The lowest BCUT2D eigenvalue weighted by molar-refractivity contribution is -0.124. The van der Waals surface area contributed by atoms with Gasteiger partial charge in [-0.3, -0.25) is 4.79 Å². The van der Waals surface area contributed by atoms with E-state index in [-0.39, 0.29) is 5.91 Å². The number of amides is 1. The number of benzene rings is 1. The monoisotopic (exact) mass is 358 g/mol. The van der Waals surface area contributed by atoms with Crippen molar-refractivity contribution < 1.29 is 4.79 Å². The highest BCUT2D eigenvalue weighted by molar-refractivity contribution is 9.10. The molecule has 1 amide bonds. The van der Waals surface area contributed by atoms with Gasteiger partial charge in [0.25, 0.3) is 0 Å². The maximum absolute atomic E-state index is 11.6. The molecule has 0 radical (unpaired) electrons. The molecule has 20 heavy (non-hydrogen) atoms. The predicted molar refractivity (Wildman–Crippen MR) is 90.0 cm³/mol. The molecule has 0 spiro atoms. The van der Waals surface area contributed by atoms with Gasteiger partial charge in [-0.05, 0) is 66.5 Å². The van der Waals surface area contributed by atoms with E-state index in [0.717, 1.165) is 36.0 Å². The standard InChI is InChI=1S/C15H23BrN2OS/c1-3-10-18-15(2,14(17)19)9-6-11-20-13-8-5-4-7-12(13)16/h4-5,7-8,18H,3,6,9-11H2,1-2H3,(H2,17,19). The second kappa shape index (κ2) is 8.70. The summed E-state index contributed by atoms with van der Waals surface area (Å²) in [4.78, 5) is 12.8. The van der Waals surface area contributed by atoms with E-state index in [1.165, 1.54) is 4.90 Å². The topological polar surface area (TPSA) is 55.1 Å². The molecule has 5 heteroatoms. The lowest BCUT2D eigenvalue weighted by Crippen LogP contribution is -2.53. The second-order valence-electron chi connectivity index (χ2n) is 5.01. The zero-order chi connectivity index (χ0) is 15.0. The Labute approximate surface area is 134 Å². The summed E-state index contributed by atoms with van der Waals surface area (Å²) in [7, 11) is 0. The molecule has 1 unspecified atom stereocenters. The molecule has 1 atom stereocenters. The predicted octanol–water partition coefficient (Wildman–Crippen LogP) is 3.57. The quantitative estimate of drug-likeness (QED) is 0.524. The van der Waals surface area contributed by atoms with E-state index in [1.54, 1.807) is 11.8 Å². The van der Waals surface area contributed by atoms with E-state index in [0.29, 0.717) is 0 Å². The molecule has 0 aliphatic carbocycles. The number of halogens is 1. The summed E-state index contributed by atoms with van der Waals surface area (Å²) in [5.41, 5.74) is 4.92. The fourth-order valence-electron chi connectivity index (χ4n) is 1.87. The zero-order valence-corrected chi connectivity index (χ0v) is 14.5. The molecule has 3 nitrogen and oxygen atoms in total. The van der Waals surface area contributed by atoms with Gasteiger partial charge < -0.3 is 11.1 Å². The van der Waals surface area contributed by atoms with Crippen LogP contribution in [0.3, 0.4) is 0 Å². The van der Waals surface area contributed by atoms with Crippen molar-refractivity contribution in [1.29, 1.82) is 0 Å². The molecule has 0 aliphatic heterocycles. The summed E-state index contributed by atoms with van der Waals surface area (Å²) in [5.74, 6) is 0.705. The van der Waals surface area contributed by atoms with Crippen LogP contribution in [0.4, 0.5) is 0 Å². The molecule has 0 heterocycles. The van der Waals surface area contributed by atoms with Crippen molar-refractivity contribution in [2.24, 2.45) is 5.73 Å². The van der Waals surface area contributed by atoms with Gasteiger partial charge in [-0.15, -0.1) is 11.8 Å². The second-order valence-corrected chi connectivity index (χ2v) is 7.00. The molecule has 0 bridgehead atoms. The normalized spacial score (nSPS) is 13.9. The van der Waals surface area contributed by atoms with Gasteiger partial charge in [0.05, 0.1) is 5.54 Å². The number of primary amides is 1. The summed E-state index contributed by atoms with van der Waals surface area (Å²) in [6.45, 7) is 4.79. The van der Waals surface area contributed by atoms with Gasteiger partial charge in [0.2, 0.25) is 5.91 Å². The van der Waals surface area contributed by atoms with Crippen LogP contribution in [0.15, 0.2) is 33.6 Å². The molecule has 0 saturated heterocycles. The van der Waals surface area contributed by atoms with Crippen molar-refractivity contribution >= 4 is 33.6 Å². The maximum Gasteiger partial charge on any atom is 0.237 e. The smallest absolute Gasteiger partial charge is 0.237 e. The van der Waals surface area contributed by atoms with E-state index in [1.807, 2.05) is 25.1 Å². The van der Waals surface area contributed by atoms with Gasteiger partial charge in [0, 0.05) is 9.37 Å². The van der Waals surface area contributed by atoms with E-state index >= 15 is 0 Å². The van der Waals surface area contributed by atoms with E-state index in [2.05, 4.69) is 34.2 Å². The van der Waals surface area contributed by atoms with Gasteiger partial charge in [-0.1, -0.05) is 19.1 Å². The highest BCUT2D eigenvalue weighted by Crippen LogP contribution is 2.28. The van der Waals surface area contributed by atoms with Gasteiger partial charge in [0.15, 0.2) is 0 Å². The van der Waals surface area contributed by atoms with Crippen LogP contribution in [-0.2, 0) is 4.79 Å². The van der Waals surface area contributed by atoms with Gasteiger partial charge >= 0.3 is 0 Å². The Morgan fingerprint density at radius 2 is 2.15 bits per heavy atom.